The van der Waals surface area contributed by atoms with Crippen molar-refractivity contribution in [2.45, 2.75) is 19.5 Å². The summed E-state index contributed by atoms with van der Waals surface area (Å²) in [6.45, 7) is 0.919. The molecule has 2 amide bonds. The number of benzene rings is 2. The van der Waals surface area contributed by atoms with Crippen molar-refractivity contribution >= 4 is 39.1 Å². The van der Waals surface area contributed by atoms with E-state index in [1.54, 1.807) is 24.3 Å². The van der Waals surface area contributed by atoms with Crippen molar-refractivity contribution in [3.63, 3.8) is 0 Å². The molecule has 2 aromatic carbocycles. The van der Waals surface area contributed by atoms with Crippen LogP contribution in [0.4, 0.5) is 10.1 Å². The lowest BCUT2D eigenvalue weighted by atomic mass is 10.1. The van der Waals surface area contributed by atoms with Crippen molar-refractivity contribution in [1.29, 1.82) is 0 Å². The maximum Gasteiger partial charge on any atom is 0.244 e. The van der Waals surface area contributed by atoms with Gasteiger partial charge in [-0.3, -0.25) is 13.9 Å². The normalized spacial score (nSPS) is 12.2. The van der Waals surface area contributed by atoms with Gasteiger partial charge in [0.1, 0.15) is 18.4 Å². The first kappa shape index (κ1) is 23.6. The molecule has 0 saturated heterocycles. The zero-order valence-corrected chi connectivity index (χ0v) is 18.4. The maximum absolute atomic E-state index is 13.6. The van der Waals surface area contributed by atoms with Crippen molar-refractivity contribution in [1.82, 2.24) is 10.2 Å². The Bertz CT molecular complexity index is 1030. The monoisotopic (exact) mass is 455 g/mol. The lowest BCUT2D eigenvalue weighted by Gasteiger charge is -2.31. The fraction of sp³-hybridized carbons (Fsp3) is 0.300. The first-order chi connectivity index (χ1) is 14.0. The summed E-state index contributed by atoms with van der Waals surface area (Å²) in [7, 11) is -2.47. The number of hydrogen-bond acceptors (Lipinski definition) is 4. The molecule has 0 unspecified atom stereocenters. The zero-order chi connectivity index (χ0) is 22.5. The average Bonchev–Trinajstić information content (AvgIpc) is 2.69. The van der Waals surface area contributed by atoms with Gasteiger partial charge in [-0.15, -0.1) is 0 Å². The molecule has 0 radical (unpaired) electrons. The SMILES string of the molecule is CNC(=O)[C@H](C)N(Cc1ccccc1Cl)C(=O)CN(c1cccc(F)c1)S(C)(=O)=O. The molecule has 10 heteroatoms. The van der Waals surface area contributed by atoms with Crippen LogP contribution in [-0.2, 0) is 26.2 Å². The van der Waals surface area contributed by atoms with E-state index in [4.69, 9.17) is 11.6 Å². The van der Waals surface area contributed by atoms with Crippen LogP contribution in [0.25, 0.3) is 0 Å². The summed E-state index contributed by atoms with van der Waals surface area (Å²) in [6.07, 6.45) is 0.922. The van der Waals surface area contributed by atoms with Crippen LogP contribution in [0.1, 0.15) is 12.5 Å². The average molecular weight is 456 g/mol. The molecule has 0 aliphatic heterocycles. The molecule has 0 bridgehead atoms. The topological polar surface area (TPSA) is 86.8 Å². The Balaban J connectivity index is 2.40. The third-order valence-electron chi connectivity index (χ3n) is 4.49. The molecular weight excluding hydrogens is 433 g/mol. The lowest BCUT2D eigenvalue weighted by Crippen LogP contribution is -2.50. The fourth-order valence-corrected chi connectivity index (χ4v) is 3.88. The number of anilines is 1. The quantitative estimate of drug-likeness (QED) is 0.662. The molecule has 0 fully saturated rings. The molecule has 2 rings (SSSR count). The first-order valence-electron chi connectivity index (χ1n) is 9.02. The van der Waals surface area contributed by atoms with Gasteiger partial charge in [0.05, 0.1) is 11.9 Å². The fourth-order valence-electron chi connectivity index (χ4n) is 2.85. The summed E-state index contributed by atoms with van der Waals surface area (Å²) in [5.41, 5.74) is 0.607. The van der Waals surface area contributed by atoms with Crippen LogP contribution in [0, 0.1) is 5.82 Å². The number of likely N-dealkylation sites (N-methyl/N-ethyl adjacent to an activating group) is 1. The molecule has 2 aromatic rings. The smallest absolute Gasteiger partial charge is 0.244 e. The largest absolute Gasteiger partial charge is 0.357 e. The van der Waals surface area contributed by atoms with Crippen LogP contribution >= 0.6 is 11.6 Å². The maximum atomic E-state index is 13.6. The van der Waals surface area contributed by atoms with Crippen molar-refractivity contribution in [3.8, 4) is 0 Å². The van der Waals surface area contributed by atoms with Crippen LogP contribution in [0.3, 0.4) is 0 Å². The predicted molar refractivity (Wildman–Crippen MR) is 114 cm³/mol. The minimum absolute atomic E-state index is 0.00611. The highest BCUT2D eigenvalue weighted by Gasteiger charge is 2.30. The summed E-state index contributed by atoms with van der Waals surface area (Å²) in [4.78, 5) is 26.6. The summed E-state index contributed by atoms with van der Waals surface area (Å²) >= 11 is 6.20. The van der Waals surface area contributed by atoms with Crippen molar-refractivity contribution in [2.24, 2.45) is 0 Å². The molecule has 0 heterocycles. The molecule has 162 valence electrons. The molecule has 7 nitrogen and oxygen atoms in total. The Morgan fingerprint density at radius 1 is 1.17 bits per heavy atom. The van der Waals surface area contributed by atoms with Gasteiger partial charge in [-0.1, -0.05) is 35.9 Å². The molecule has 1 N–H and O–H groups in total. The number of sulfonamides is 1. The second-order valence-corrected chi connectivity index (χ2v) is 8.97. The number of amides is 2. The second kappa shape index (κ2) is 9.90. The number of hydrogen-bond donors (Lipinski definition) is 1. The minimum Gasteiger partial charge on any atom is -0.357 e. The van der Waals surface area contributed by atoms with Gasteiger partial charge in [0.2, 0.25) is 21.8 Å². The van der Waals surface area contributed by atoms with Gasteiger partial charge in [0.25, 0.3) is 0 Å². The molecule has 0 aliphatic carbocycles. The Labute approximate surface area is 180 Å². The molecule has 30 heavy (non-hydrogen) atoms. The third kappa shape index (κ3) is 5.93. The van der Waals surface area contributed by atoms with E-state index < -0.39 is 40.2 Å². The molecule has 0 aliphatic rings. The van der Waals surface area contributed by atoms with E-state index >= 15 is 0 Å². The summed E-state index contributed by atoms with van der Waals surface area (Å²) in [5, 5.41) is 2.88. The van der Waals surface area contributed by atoms with Gasteiger partial charge in [0, 0.05) is 18.6 Å². The highest BCUT2D eigenvalue weighted by atomic mass is 35.5. The van der Waals surface area contributed by atoms with Crippen molar-refractivity contribution in [2.75, 3.05) is 24.2 Å². The van der Waals surface area contributed by atoms with Gasteiger partial charge in [-0.05, 0) is 36.8 Å². The van der Waals surface area contributed by atoms with E-state index in [0.717, 1.165) is 16.6 Å². The van der Waals surface area contributed by atoms with Gasteiger partial charge < -0.3 is 10.2 Å². The number of carbonyl (C=O) groups excluding carboxylic acids is 2. The van der Waals surface area contributed by atoms with Crippen LogP contribution in [0.5, 0.6) is 0 Å². The predicted octanol–water partition coefficient (Wildman–Crippen LogP) is 2.41. The van der Waals surface area contributed by atoms with Crippen LogP contribution < -0.4 is 9.62 Å². The minimum atomic E-state index is -3.90. The van der Waals surface area contributed by atoms with Crippen LogP contribution in [0.2, 0.25) is 5.02 Å². The van der Waals surface area contributed by atoms with E-state index in [-0.39, 0.29) is 12.2 Å². The Kier molecular flexibility index (Phi) is 7.80. The van der Waals surface area contributed by atoms with Gasteiger partial charge in [-0.25, -0.2) is 12.8 Å². The second-order valence-electron chi connectivity index (χ2n) is 6.65. The van der Waals surface area contributed by atoms with Gasteiger partial charge >= 0.3 is 0 Å². The van der Waals surface area contributed by atoms with Crippen LogP contribution in [0.15, 0.2) is 48.5 Å². The van der Waals surface area contributed by atoms with Crippen LogP contribution in [-0.4, -0.2) is 51.0 Å². The number of nitrogens with zero attached hydrogens (tertiary/aromatic N) is 2. The highest BCUT2D eigenvalue weighted by Crippen LogP contribution is 2.22. The zero-order valence-electron chi connectivity index (χ0n) is 16.8. The molecule has 0 saturated carbocycles. The Hall–Kier alpha value is -2.65. The van der Waals surface area contributed by atoms with Gasteiger partial charge in [-0.2, -0.15) is 0 Å². The van der Waals surface area contributed by atoms with E-state index in [2.05, 4.69) is 5.32 Å². The van der Waals surface area contributed by atoms with Gasteiger partial charge in [0.15, 0.2) is 0 Å². The summed E-state index contributed by atoms with van der Waals surface area (Å²) in [6, 6.07) is 10.9. The molecule has 0 aromatic heterocycles. The molecule has 1 atom stereocenters. The number of carbonyl (C=O) groups is 2. The highest BCUT2D eigenvalue weighted by molar-refractivity contribution is 7.92. The number of rotatable bonds is 8. The van der Waals surface area contributed by atoms with Crippen molar-refractivity contribution < 1.29 is 22.4 Å². The number of halogens is 2. The van der Waals surface area contributed by atoms with E-state index in [1.807, 2.05) is 0 Å². The van der Waals surface area contributed by atoms with Crippen molar-refractivity contribution in [3.05, 3.63) is 64.9 Å². The Morgan fingerprint density at radius 2 is 1.83 bits per heavy atom. The number of nitrogens with one attached hydrogen (secondary N) is 1. The van der Waals surface area contributed by atoms with E-state index in [0.29, 0.717) is 10.6 Å². The molecular formula is C20H23ClFN3O4S. The third-order valence-corrected chi connectivity index (χ3v) is 6.00. The summed E-state index contributed by atoms with van der Waals surface area (Å²) < 4.78 is 39.1. The summed E-state index contributed by atoms with van der Waals surface area (Å²) in [5.74, 6) is -1.70. The van der Waals surface area contributed by atoms with E-state index in [9.17, 15) is 22.4 Å². The lowest BCUT2D eigenvalue weighted by molar-refractivity contribution is -0.139. The standard InChI is InChI=1S/C20H23ClFN3O4S/c1-14(20(27)23-2)24(12-15-7-4-5-10-18(15)21)19(26)13-25(30(3,28)29)17-9-6-8-16(22)11-17/h4-11,14H,12-13H2,1-3H3,(H,23,27)/t14-/m0/s1. The van der Waals surface area contributed by atoms with E-state index in [1.165, 1.54) is 37.1 Å². The molecule has 0 spiro atoms. The first-order valence-corrected chi connectivity index (χ1v) is 11.2. The Morgan fingerprint density at radius 3 is 2.40 bits per heavy atom.